The molecule has 1 heterocycles. The van der Waals surface area contributed by atoms with Crippen molar-refractivity contribution in [3.63, 3.8) is 0 Å². The van der Waals surface area contributed by atoms with Crippen LogP contribution in [0.2, 0.25) is 0 Å². The SMILES string of the molecule is O=C([O-])c1ccccc1C(=O)N1CC=C(c2ccccc2)CC1. The van der Waals surface area contributed by atoms with Gasteiger partial charge in [0.2, 0.25) is 0 Å². The van der Waals surface area contributed by atoms with Crippen LogP contribution in [0.15, 0.2) is 60.7 Å². The van der Waals surface area contributed by atoms with Gasteiger partial charge in [-0.15, -0.1) is 0 Å². The number of aromatic carboxylic acids is 1. The van der Waals surface area contributed by atoms with Crippen LogP contribution in [0.4, 0.5) is 0 Å². The highest BCUT2D eigenvalue weighted by molar-refractivity contribution is 6.04. The van der Waals surface area contributed by atoms with Crippen LogP contribution >= 0.6 is 0 Å². The van der Waals surface area contributed by atoms with Crippen molar-refractivity contribution in [3.05, 3.63) is 77.4 Å². The van der Waals surface area contributed by atoms with E-state index in [4.69, 9.17) is 0 Å². The molecular formula is C19H16NO3-. The van der Waals surface area contributed by atoms with Crippen LogP contribution in [0, 0.1) is 0 Å². The second-order valence-electron chi connectivity index (χ2n) is 5.43. The Morgan fingerprint density at radius 1 is 0.913 bits per heavy atom. The van der Waals surface area contributed by atoms with Crippen molar-refractivity contribution in [3.8, 4) is 0 Å². The predicted molar refractivity (Wildman–Crippen MR) is 85.7 cm³/mol. The van der Waals surface area contributed by atoms with E-state index in [-0.39, 0.29) is 17.0 Å². The second-order valence-corrected chi connectivity index (χ2v) is 5.43. The Morgan fingerprint density at radius 3 is 2.17 bits per heavy atom. The number of amides is 1. The van der Waals surface area contributed by atoms with Crippen LogP contribution < -0.4 is 5.11 Å². The van der Waals surface area contributed by atoms with Gasteiger partial charge >= 0.3 is 0 Å². The maximum absolute atomic E-state index is 12.6. The quantitative estimate of drug-likeness (QED) is 0.871. The number of rotatable bonds is 3. The Labute approximate surface area is 134 Å². The molecule has 0 saturated heterocycles. The van der Waals surface area contributed by atoms with E-state index in [1.165, 1.54) is 17.7 Å². The van der Waals surface area contributed by atoms with Crippen molar-refractivity contribution in [2.24, 2.45) is 0 Å². The molecule has 1 aliphatic rings. The van der Waals surface area contributed by atoms with E-state index in [9.17, 15) is 14.7 Å². The molecule has 0 aliphatic carbocycles. The minimum absolute atomic E-state index is 0.0599. The average Bonchev–Trinajstić information content (AvgIpc) is 2.62. The zero-order valence-corrected chi connectivity index (χ0v) is 12.6. The van der Waals surface area contributed by atoms with E-state index in [0.29, 0.717) is 13.1 Å². The standard InChI is InChI=1S/C19H17NO3/c21-18(16-8-4-5-9-17(16)19(22)23)20-12-10-15(11-13-20)14-6-2-1-3-7-14/h1-10H,11-13H2,(H,22,23)/p-1. The van der Waals surface area contributed by atoms with Crippen molar-refractivity contribution in [2.75, 3.05) is 13.1 Å². The molecule has 0 spiro atoms. The Morgan fingerprint density at radius 2 is 1.57 bits per heavy atom. The van der Waals surface area contributed by atoms with Gasteiger partial charge in [0.25, 0.3) is 5.91 Å². The Hall–Kier alpha value is -2.88. The second kappa shape index (κ2) is 6.48. The van der Waals surface area contributed by atoms with Crippen molar-refractivity contribution < 1.29 is 14.7 Å². The number of hydrogen-bond donors (Lipinski definition) is 0. The van der Waals surface area contributed by atoms with Gasteiger partial charge in [0, 0.05) is 24.2 Å². The van der Waals surface area contributed by atoms with Crippen molar-refractivity contribution in [2.45, 2.75) is 6.42 Å². The topological polar surface area (TPSA) is 60.4 Å². The molecule has 116 valence electrons. The lowest BCUT2D eigenvalue weighted by Crippen LogP contribution is -2.36. The first kappa shape index (κ1) is 15.0. The van der Waals surface area contributed by atoms with Crippen molar-refractivity contribution in [1.29, 1.82) is 0 Å². The molecule has 0 unspecified atom stereocenters. The number of hydrogen-bond acceptors (Lipinski definition) is 3. The van der Waals surface area contributed by atoms with Gasteiger partial charge in [-0.25, -0.2) is 0 Å². The van der Waals surface area contributed by atoms with Crippen LogP contribution in [0.1, 0.15) is 32.7 Å². The molecule has 3 rings (SSSR count). The highest BCUT2D eigenvalue weighted by atomic mass is 16.4. The number of carbonyl (C=O) groups excluding carboxylic acids is 2. The smallest absolute Gasteiger partial charge is 0.254 e. The molecule has 1 amide bonds. The lowest BCUT2D eigenvalue weighted by atomic mass is 9.98. The minimum Gasteiger partial charge on any atom is -0.545 e. The van der Waals surface area contributed by atoms with Gasteiger partial charge in [-0.1, -0.05) is 54.6 Å². The van der Waals surface area contributed by atoms with E-state index >= 15 is 0 Å². The first-order valence-corrected chi connectivity index (χ1v) is 7.51. The lowest BCUT2D eigenvalue weighted by Gasteiger charge is -2.27. The average molecular weight is 306 g/mol. The largest absolute Gasteiger partial charge is 0.545 e. The molecule has 4 nitrogen and oxygen atoms in total. The van der Waals surface area contributed by atoms with Crippen LogP contribution in [0.5, 0.6) is 0 Å². The third kappa shape index (κ3) is 3.16. The zero-order chi connectivity index (χ0) is 16.2. The summed E-state index contributed by atoms with van der Waals surface area (Å²) in [5.41, 5.74) is 2.50. The summed E-state index contributed by atoms with van der Waals surface area (Å²) in [6.45, 7) is 1.05. The summed E-state index contributed by atoms with van der Waals surface area (Å²) in [7, 11) is 0. The van der Waals surface area contributed by atoms with E-state index in [2.05, 4.69) is 12.1 Å². The molecule has 23 heavy (non-hydrogen) atoms. The maximum Gasteiger partial charge on any atom is 0.254 e. The summed E-state index contributed by atoms with van der Waals surface area (Å²) in [6, 6.07) is 16.2. The lowest BCUT2D eigenvalue weighted by molar-refractivity contribution is -0.255. The number of benzene rings is 2. The fourth-order valence-corrected chi connectivity index (χ4v) is 2.79. The van der Waals surface area contributed by atoms with E-state index in [1.54, 1.807) is 17.0 Å². The normalized spacial score (nSPS) is 14.3. The molecule has 0 bridgehead atoms. The fraction of sp³-hybridized carbons (Fsp3) is 0.158. The third-order valence-corrected chi connectivity index (χ3v) is 4.02. The molecule has 0 radical (unpaired) electrons. The molecule has 1 aliphatic heterocycles. The molecule has 0 saturated carbocycles. The van der Waals surface area contributed by atoms with Gasteiger partial charge in [0.05, 0.1) is 5.97 Å². The first-order valence-electron chi connectivity index (χ1n) is 7.51. The first-order chi connectivity index (χ1) is 11.2. The van der Waals surface area contributed by atoms with Gasteiger partial charge < -0.3 is 14.8 Å². The summed E-state index contributed by atoms with van der Waals surface area (Å²) in [5, 5.41) is 11.2. The number of carbonyl (C=O) groups is 2. The molecule has 0 N–H and O–H groups in total. The van der Waals surface area contributed by atoms with Crippen LogP contribution in [-0.2, 0) is 0 Å². The monoisotopic (exact) mass is 306 g/mol. The third-order valence-electron chi connectivity index (χ3n) is 4.02. The van der Waals surface area contributed by atoms with E-state index < -0.39 is 5.97 Å². The molecule has 0 atom stereocenters. The maximum atomic E-state index is 12.6. The van der Waals surface area contributed by atoms with Gasteiger partial charge in [-0.3, -0.25) is 4.79 Å². The zero-order valence-electron chi connectivity index (χ0n) is 12.6. The number of carboxylic acids is 1. The summed E-state index contributed by atoms with van der Waals surface area (Å²) in [4.78, 5) is 25.4. The van der Waals surface area contributed by atoms with Gasteiger partial charge in [-0.2, -0.15) is 0 Å². The molecular weight excluding hydrogens is 290 g/mol. The van der Waals surface area contributed by atoms with Crippen molar-refractivity contribution >= 4 is 17.4 Å². The number of carboxylic acid groups (broad SMARTS) is 1. The van der Waals surface area contributed by atoms with Gasteiger partial charge in [-0.05, 0) is 23.6 Å². The summed E-state index contributed by atoms with van der Waals surface area (Å²) in [6.07, 6.45) is 2.78. The van der Waals surface area contributed by atoms with Crippen LogP contribution in [0.25, 0.3) is 5.57 Å². The Balaban J connectivity index is 1.79. The Kier molecular flexibility index (Phi) is 4.24. The fourth-order valence-electron chi connectivity index (χ4n) is 2.79. The minimum atomic E-state index is -1.33. The molecule has 4 heteroatoms. The molecule has 0 fully saturated rings. The van der Waals surface area contributed by atoms with E-state index in [0.717, 1.165) is 12.0 Å². The van der Waals surface area contributed by atoms with Gasteiger partial charge in [0.15, 0.2) is 0 Å². The van der Waals surface area contributed by atoms with Crippen LogP contribution in [0.3, 0.4) is 0 Å². The predicted octanol–water partition coefficient (Wildman–Crippen LogP) is 1.98. The Bertz CT molecular complexity index is 765. The molecule has 2 aromatic rings. The highest BCUT2D eigenvalue weighted by Gasteiger charge is 2.21. The van der Waals surface area contributed by atoms with Crippen molar-refractivity contribution in [1.82, 2.24) is 4.90 Å². The number of nitrogens with zero attached hydrogens (tertiary/aromatic N) is 1. The summed E-state index contributed by atoms with van der Waals surface area (Å²) in [5.74, 6) is -1.60. The van der Waals surface area contributed by atoms with E-state index in [1.807, 2.05) is 24.3 Å². The molecule has 0 aromatic heterocycles. The molecule has 2 aromatic carbocycles. The highest BCUT2D eigenvalue weighted by Crippen LogP contribution is 2.23. The summed E-state index contributed by atoms with van der Waals surface area (Å²) < 4.78 is 0. The van der Waals surface area contributed by atoms with Gasteiger partial charge in [0.1, 0.15) is 0 Å². The summed E-state index contributed by atoms with van der Waals surface area (Å²) >= 11 is 0. The van der Waals surface area contributed by atoms with Crippen LogP contribution in [-0.4, -0.2) is 29.9 Å².